The van der Waals surface area contributed by atoms with Crippen molar-refractivity contribution in [3.05, 3.63) is 0 Å². The largest absolute Gasteiger partial charge is 0.394 e. The van der Waals surface area contributed by atoms with Crippen molar-refractivity contribution in [1.29, 1.82) is 0 Å². The van der Waals surface area contributed by atoms with E-state index in [1.54, 1.807) is 0 Å². The van der Waals surface area contributed by atoms with Gasteiger partial charge in [-0.3, -0.25) is 9.59 Å². The van der Waals surface area contributed by atoms with Gasteiger partial charge in [-0.1, -0.05) is 0 Å². The van der Waals surface area contributed by atoms with Crippen LogP contribution in [0, 0.1) is 0 Å². The number of nitrogens with one attached hydrogen (secondary N) is 2. The fourth-order valence-electron chi connectivity index (χ4n) is 10.1. The van der Waals surface area contributed by atoms with E-state index in [0.29, 0.717) is 0 Å². The molecule has 4 heterocycles. The highest BCUT2D eigenvalue weighted by atomic mass is 16.7. The Morgan fingerprint density at radius 1 is 0.425 bits per heavy atom. The maximum atomic E-state index is 12.6. The Kier molecular flexibility index (Phi) is 26.2. The lowest BCUT2D eigenvalue weighted by Gasteiger charge is -2.49. The van der Waals surface area contributed by atoms with Crippen molar-refractivity contribution >= 4 is 11.8 Å². The second kappa shape index (κ2) is 30.6. The highest BCUT2D eigenvalue weighted by Crippen LogP contribution is 2.34. The molecular weight excluding hydrogens is 1080 g/mol. The highest BCUT2D eigenvalue weighted by Gasteiger charge is 2.55. The smallest absolute Gasteiger partial charge is 0.249 e. The molecule has 0 aromatic rings. The van der Waals surface area contributed by atoms with E-state index >= 15 is 0 Å². The number of hydrogen-bond acceptors (Lipinski definition) is 34. The summed E-state index contributed by atoms with van der Waals surface area (Å²) in [5, 5.41) is 170. The van der Waals surface area contributed by atoms with Gasteiger partial charge >= 0.3 is 0 Å². The maximum absolute atomic E-state index is 12.6. The van der Waals surface area contributed by atoms with Gasteiger partial charge in [0, 0.05) is 25.2 Å². The molecule has 0 spiro atoms. The molecule has 34 N–H and O–H groups in total. The van der Waals surface area contributed by atoms with Crippen LogP contribution >= 0.6 is 0 Å². The first-order valence-corrected chi connectivity index (χ1v) is 26.1. The summed E-state index contributed by atoms with van der Waals surface area (Å²) < 4.78 is 45.0. The summed E-state index contributed by atoms with van der Waals surface area (Å²) in [4.78, 5) is 25.2. The van der Waals surface area contributed by atoms with E-state index in [2.05, 4.69) is 10.6 Å². The van der Waals surface area contributed by atoms with E-state index in [1.807, 2.05) is 0 Å². The van der Waals surface area contributed by atoms with Crippen LogP contribution in [0.25, 0.3) is 0 Å². The molecular formula is C44H86N10O26. The number of carbonyl (C=O) groups is 2. The van der Waals surface area contributed by atoms with Gasteiger partial charge in [0.25, 0.3) is 0 Å². The van der Waals surface area contributed by atoms with E-state index in [-0.39, 0.29) is 51.9 Å². The molecule has 32 unspecified atom stereocenters. The third kappa shape index (κ3) is 15.7. The fourth-order valence-corrected chi connectivity index (χ4v) is 10.1. The SMILES string of the molecule is NCCC(O)C(=O)NC1CC(N)C(OC2OC(CN)C(O)C(O)C2O)C(O)C1OC1OC(CO)C(O)C(N)C1O.NCCC(O)C(=O)NC1CC(N)C(OC2OC(CN)C(O)C(O)C2O)C(O)C1OC1OC(CO)C(O)C(N)C1O. The number of ether oxygens (including phenoxy) is 8. The van der Waals surface area contributed by atoms with Crippen LogP contribution in [0.4, 0.5) is 0 Å². The molecule has 36 nitrogen and oxygen atoms in total. The van der Waals surface area contributed by atoms with Crippen molar-refractivity contribution in [3.8, 4) is 0 Å². The molecule has 6 aliphatic rings. The minimum atomic E-state index is -1.76. The zero-order valence-corrected chi connectivity index (χ0v) is 43.4. The van der Waals surface area contributed by atoms with E-state index in [1.165, 1.54) is 0 Å². The Morgan fingerprint density at radius 2 is 0.725 bits per heavy atom. The standard InChI is InChI=1S/2C22H43N5O13/c2*23-2-1-8(29)20(36)27-7-3-6(25)18(39-22-16(34)15(33)13(31)9(4-24)37-22)17(35)19(7)40-21-14(32)11(26)12(30)10(5-28)38-21/h2*6-19,21-22,28-35H,1-5,23-26H2,(H,27,36). The molecule has 2 aliphatic carbocycles. The first kappa shape index (κ1) is 68.4. The second-order valence-corrected chi connectivity index (χ2v) is 20.7. The Labute approximate surface area is 457 Å². The van der Waals surface area contributed by atoms with Gasteiger partial charge in [-0.05, 0) is 38.8 Å². The lowest BCUT2D eigenvalue weighted by Crippen LogP contribution is -2.69. The second-order valence-electron chi connectivity index (χ2n) is 20.7. The molecule has 80 heavy (non-hydrogen) atoms. The minimum absolute atomic E-state index is 0.0101. The topological polar surface area (TPSA) is 664 Å². The number of aliphatic hydroxyl groups excluding tert-OH is 16. The van der Waals surface area contributed by atoms with Crippen LogP contribution in [0.3, 0.4) is 0 Å². The van der Waals surface area contributed by atoms with E-state index < -0.39 is 221 Å². The van der Waals surface area contributed by atoms with Crippen LogP contribution in [-0.4, -0.2) is 329 Å². The molecule has 2 saturated carbocycles. The maximum Gasteiger partial charge on any atom is 0.249 e. The molecule has 36 heteroatoms. The summed E-state index contributed by atoms with van der Waals surface area (Å²) in [7, 11) is 0. The number of nitrogens with two attached hydrogens (primary N) is 8. The Balaban J connectivity index is 0.000000294. The molecule has 32 atom stereocenters. The van der Waals surface area contributed by atoms with Crippen LogP contribution in [0.5, 0.6) is 0 Å². The average molecular weight is 1170 g/mol. The van der Waals surface area contributed by atoms with Crippen LogP contribution in [-0.2, 0) is 47.5 Å². The number of hydrogen-bond donors (Lipinski definition) is 26. The van der Waals surface area contributed by atoms with Gasteiger partial charge in [0.1, 0.15) is 134 Å². The van der Waals surface area contributed by atoms with Gasteiger partial charge in [-0.2, -0.15) is 0 Å². The van der Waals surface area contributed by atoms with Crippen molar-refractivity contribution in [3.63, 3.8) is 0 Å². The summed E-state index contributed by atoms with van der Waals surface area (Å²) >= 11 is 0. The number of rotatable bonds is 20. The first-order valence-electron chi connectivity index (χ1n) is 26.1. The van der Waals surface area contributed by atoms with Crippen molar-refractivity contribution in [1.82, 2.24) is 10.6 Å². The van der Waals surface area contributed by atoms with E-state index in [0.717, 1.165) is 0 Å². The fraction of sp³-hybridized carbons (Fsp3) is 0.955. The quantitative estimate of drug-likeness (QED) is 0.0538. The van der Waals surface area contributed by atoms with Crippen molar-refractivity contribution in [2.75, 3.05) is 39.4 Å². The molecule has 0 aromatic heterocycles. The molecule has 6 rings (SSSR count). The van der Waals surface area contributed by atoms with Gasteiger partial charge in [-0.25, -0.2) is 0 Å². The minimum Gasteiger partial charge on any atom is -0.394 e. The normalized spacial score (nSPS) is 47.0. The third-order valence-electron chi connectivity index (χ3n) is 15.0. The molecule has 4 aliphatic heterocycles. The molecule has 4 saturated heterocycles. The molecule has 0 bridgehead atoms. The Morgan fingerprint density at radius 3 is 1.02 bits per heavy atom. The zero-order chi connectivity index (χ0) is 59.8. The first-order chi connectivity index (χ1) is 37.7. The summed E-state index contributed by atoms with van der Waals surface area (Å²) in [6.07, 6.45) is -39.6. The lowest BCUT2D eigenvalue weighted by molar-refractivity contribution is -0.332. The molecule has 0 radical (unpaired) electrons. The molecule has 6 fully saturated rings. The molecule has 2 amide bonds. The summed E-state index contributed by atoms with van der Waals surface area (Å²) in [6.45, 7) is -1.80. The van der Waals surface area contributed by atoms with Crippen LogP contribution in [0.1, 0.15) is 25.7 Å². The monoisotopic (exact) mass is 1170 g/mol. The predicted molar refractivity (Wildman–Crippen MR) is 263 cm³/mol. The van der Waals surface area contributed by atoms with Gasteiger partial charge in [-0.15, -0.1) is 0 Å². The number of aliphatic hydroxyl groups is 16. The number of amides is 2. The van der Waals surface area contributed by atoms with Crippen LogP contribution in [0.15, 0.2) is 0 Å². The van der Waals surface area contributed by atoms with Crippen LogP contribution in [0.2, 0.25) is 0 Å². The molecule has 468 valence electrons. The van der Waals surface area contributed by atoms with Gasteiger partial charge < -0.3 is 176 Å². The van der Waals surface area contributed by atoms with Crippen molar-refractivity contribution in [2.24, 2.45) is 45.9 Å². The van der Waals surface area contributed by atoms with Gasteiger partial charge in [0.15, 0.2) is 25.2 Å². The molecule has 0 aromatic carbocycles. The van der Waals surface area contributed by atoms with E-state index in [9.17, 15) is 91.3 Å². The number of carbonyl (C=O) groups excluding carboxylic acids is 2. The van der Waals surface area contributed by atoms with Crippen LogP contribution < -0.4 is 56.5 Å². The Hall–Kier alpha value is -2.34. The third-order valence-corrected chi connectivity index (χ3v) is 15.0. The van der Waals surface area contributed by atoms with Gasteiger partial charge in [0.05, 0.1) is 37.4 Å². The highest BCUT2D eigenvalue weighted by molar-refractivity contribution is 5.81. The average Bonchev–Trinajstić information content (AvgIpc) is 3.43. The van der Waals surface area contributed by atoms with Crippen molar-refractivity contribution < 1.29 is 129 Å². The van der Waals surface area contributed by atoms with E-state index in [4.69, 9.17) is 83.8 Å². The Bertz CT molecular complexity index is 1760. The zero-order valence-electron chi connectivity index (χ0n) is 43.4. The van der Waals surface area contributed by atoms with Gasteiger partial charge in [0.2, 0.25) is 11.8 Å². The summed E-state index contributed by atoms with van der Waals surface area (Å²) in [5.74, 6) is -1.69. The van der Waals surface area contributed by atoms with Crippen molar-refractivity contribution in [2.45, 2.75) is 221 Å². The predicted octanol–water partition coefficient (Wildman–Crippen LogP) is -16.8. The summed E-state index contributed by atoms with van der Waals surface area (Å²) in [5.41, 5.74) is 46.2. The lowest BCUT2D eigenvalue weighted by atomic mass is 9.83. The summed E-state index contributed by atoms with van der Waals surface area (Å²) in [6, 6.07) is -6.91.